The fraction of sp³-hybridized carbons (Fsp3) is 0.500. The normalized spacial score (nSPS) is 7.40. The molecule has 3 nitrogen and oxygen atoms in total. The Morgan fingerprint density at radius 2 is 2.20 bits per heavy atom. The highest BCUT2D eigenvalue weighted by Crippen LogP contribution is 1.44. The summed E-state index contributed by atoms with van der Waals surface area (Å²) >= 11 is 0. The Morgan fingerprint density at radius 3 is 2.20 bits per heavy atom. The van der Waals surface area contributed by atoms with Crippen LogP contribution in [0.3, 0.4) is 0 Å². The van der Waals surface area contributed by atoms with Gasteiger partial charge in [-0.25, -0.2) is 0 Å². The second-order valence-electron chi connectivity index (χ2n) is 0.683. The summed E-state index contributed by atoms with van der Waals surface area (Å²) in [7, 11) is 0. The number of rotatable bonds is 1. The minimum atomic E-state index is -0.333. The second kappa shape index (κ2) is 1.72. The van der Waals surface area contributed by atoms with E-state index in [2.05, 4.69) is 5.73 Å². The van der Waals surface area contributed by atoms with Gasteiger partial charge in [0.05, 0.1) is 6.61 Å². The van der Waals surface area contributed by atoms with Gasteiger partial charge in [-0.15, -0.1) is 0 Å². The largest absolute Gasteiger partial charge is 0.388 e. The topological polar surface area (TPSA) is 70.1 Å². The molecular weight excluding hydrogens is 68.0 g/mol. The predicted octanol–water partition coefficient (Wildman–Crippen LogP) is -1.09. The molecule has 0 aliphatic rings. The number of aliphatic hydroxyl groups excluding tert-OH is 1. The molecule has 0 aliphatic heterocycles. The summed E-state index contributed by atoms with van der Waals surface area (Å²) in [6.45, 7) is -0.333. The highest BCUT2D eigenvalue weighted by molar-refractivity contribution is 5.77. The van der Waals surface area contributed by atoms with Gasteiger partial charge in [0.25, 0.3) is 0 Å². The molecule has 0 saturated heterocycles. The Hall–Kier alpha value is -0.570. The molecule has 3 heteroatoms. The lowest BCUT2D eigenvalue weighted by atomic mass is 10.7. The molecule has 0 saturated carbocycles. The first-order chi connectivity index (χ1) is 2.27. The van der Waals surface area contributed by atoms with E-state index in [1.807, 2.05) is 0 Å². The molecule has 0 aliphatic carbocycles. The van der Waals surface area contributed by atoms with Crippen molar-refractivity contribution in [2.45, 2.75) is 0 Å². The van der Waals surface area contributed by atoms with Crippen LogP contribution in [0.1, 0.15) is 0 Å². The molecule has 0 radical (unpaired) electrons. The molecule has 0 bridgehead atoms. The molecule has 0 rings (SSSR count). The molecular formula is C2H6N2O. The lowest BCUT2D eigenvalue weighted by Crippen LogP contribution is -2.13. The number of nitrogens with one attached hydrogen (secondary N) is 1. The summed E-state index contributed by atoms with van der Waals surface area (Å²) < 4.78 is 0. The van der Waals surface area contributed by atoms with Gasteiger partial charge in [0, 0.05) is 0 Å². The van der Waals surface area contributed by atoms with Crippen LogP contribution in [0.15, 0.2) is 0 Å². The van der Waals surface area contributed by atoms with Gasteiger partial charge in [0.15, 0.2) is 0 Å². The molecule has 0 aromatic heterocycles. The van der Waals surface area contributed by atoms with E-state index in [9.17, 15) is 0 Å². The maximum absolute atomic E-state index is 7.79. The summed E-state index contributed by atoms with van der Waals surface area (Å²) in [4.78, 5) is 0. The van der Waals surface area contributed by atoms with E-state index in [4.69, 9.17) is 10.5 Å². The van der Waals surface area contributed by atoms with Crippen LogP contribution in [0.25, 0.3) is 0 Å². The molecule has 0 heterocycles. The van der Waals surface area contributed by atoms with Crippen molar-refractivity contribution in [2.75, 3.05) is 6.61 Å². The highest BCUT2D eigenvalue weighted by atomic mass is 16.3. The van der Waals surface area contributed by atoms with Crippen molar-refractivity contribution < 1.29 is 5.11 Å². The zero-order chi connectivity index (χ0) is 4.28. The van der Waals surface area contributed by atoms with Crippen LogP contribution < -0.4 is 5.73 Å². The fourth-order valence-electron chi connectivity index (χ4n) is 0. The predicted molar refractivity (Wildman–Crippen MR) is 19.0 cm³/mol. The van der Waals surface area contributed by atoms with Crippen molar-refractivity contribution in [3.05, 3.63) is 0 Å². The lowest BCUT2D eigenvalue weighted by Gasteiger charge is -1.78. The molecule has 0 amide bonds. The van der Waals surface area contributed by atoms with Gasteiger partial charge in [0.1, 0.15) is 5.84 Å². The zero-order valence-corrected chi connectivity index (χ0v) is 2.73. The monoisotopic (exact) mass is 74.0 g/mol. The van der Waals surface area contributed by atoms with E-state index < -0.39 is 0 Å². The SMILES string of the molecule is N=C(N)CO. The Morgan fingerprint density at radius 1 is 2.00 bits per heavy atom. The van der Waals surface area contributed by atoms with Gasteiger partial charge >= 0.3 is 0 Å². The Bertz CT molecular complexity index is 42.9. The molecule has 0 aromatic carbocycles. The summed E-state index contributed by atoms with van der Waals surface area (Å²) in [5, 5.41) is 14.1. The smallest absolute Gasteiger partial charge is 0.117 e. The van der Waals surface area contributed by atoms with E-state index >= 15 is 0 Å². The van der Waals surface area contributed by atoms with Crippen molar-refractivity contribution in [1.29, 1.82) is 5.41 Å². The van der Waals surface area contributed by atoms with E-state index in [0.717, 1.165) is 0 Å². The first kappa shape index (κ1) is 4.43. The van der Waals surface area contributed by atoms with Crippen LogP contribution in [0.4, 0.5) is 0 Å². The standard InChI is InChI=1S/C2H6N2O/c3-2(4)1-5/h5H,1H2,(H3,3,4). The van der Waals surface area contributed by atoms with Gasteiger partial charge in [-0.05, 0) is 0 Å². The molecule has 0 unspecified atom stereocenters. The van der Waals surface area contributed by atoms with Crippen molar-refractivity contribution >= 4 is 5.84 Å². The third-order valence-electron chi connectivity index (χ3n) is 0.170. The van der Waals surface area contributed by atoms with E-state index in [1.165, 1.54) is 0 Å². The molecule has 4 N–H and O–H groups in total. The number of hydrogen-bond donors (Lipinski definition) is 3. The van der Waals surface area contributed by atoms with Crippen LogP contribution in [-0.4, -0.2) is 17.5 Å². The Balaban J connectivity index is 2.85. The van der Waals surface area contributed by atoms with Crippen molar-refractivity contribution in [1.82, 2.24) is 0 Å². The summed E-state index contributed by atoms with van der Waals surface area (Å²) in [6, 6.07) is 0. The molecule has 5 heavy (non-hydrogen) atoms. The number of nitrogens with two attached hydrogens (primary N) is 1. The fourth-order valence-corrected chi connectivity index (χ4v) is 0. The minimum Gasteiger partial charge on any atom is -0.388 e. The zero-order valence-electron chi connectivity index (χ0n) is 2.73. The summed E-state index contributed by atoms with van der Waals surface area (Å²) in [5.74, 6) is -0.190. The van der Waals surface area contributed by atoms with Crippen LogP contribution >= 0.6 is 0 Å². The highest BCUT2D eigenvalue weighted by Gasteiger charge is 1.72. The van der Waals surface area contributed by atoms with E-state index in [1.54, 1.807) is 0 Å². The third-order valence-corrected chi connectivity index (χ3v) is 0.170. The Kier molecular flexibility index (Phi) is 1.53. The van der Waals surface area contributed by atoms with Crippen LogP contribution in [-0.2, 0) is 0 Å². The maximum atomic E-state index is 7.79. The molecule has 30 valence electrons. The lowest BCUT2D eigenvalue weighted by molar-refractivity contribution is 0.355. The average molecular weight is 74.1 g/mol. The number of hydrogen-bond acceptors (Lipinski definition) is 2. The second-order valence-corrected chi connectivity index (χ2v) is 0.683. The molecule has 0 atom stereocenters. The summed E-state index contributed by atoms with van der Waals surface area (Å²) in [5.41, 5.74) is 4.62. The maximum Gasteiger partial charge on any atom is 0.117 e. The van der Waals surface area contributed by atoms with E-state index in [0.29, 0.717) is 0 Å². The van der Waals surface area contributed by atoms with Gasteiger partial charge in [-0.3, -0.25) is 5.41 Å². The Labute approximate surface area is 29.9 Å². The molecule has 0 aromatic rings. The van der Waals surface area contributed by atoms with Crippen LogP contribution in [0.5, 0.6) is 0 Å². The van der Waals surface area contributed by atoms with Crippen molar-refractivity contribution in [3.63, 3.8) is 0 Å². The number of aliphatic hydroxyl groups is 1. The van der Waals surface area contributed by atoms with Gasteiger partial charge < -0.3 is 10.8 Å². The first-order valence-electron chi connectivity index (χ1n) is 1.21. The molecule has 0 fully saturated rings. The first-order valence-corrected chi connectivity index (χ1v) is 1.21. The van der Waals surface area contributed by atoms with Crippen molar-refractivity contribution in [2.24, 2.45) is 5.73 Å². The summed E-state index contributed by atoms with van der Waals surface area (Å²) in [6.07, 6.45) is 0. The van der Waals surface area contributed by atoms with Gasteiger partial charge in [0.2, 0.25) is 0 Å². The minimum absolute atomic E-state index is 0.190. The van der Waals surface area contributed by atoms with Crippen molar-refractivity contribution in [3.8, 4) is 0 Å². The van der Waals surface area contributed by atoms with E-state index in [-0.39, 0.29) is 12.4 Å². The van der Waals surface area contributed by atoms with Crippen LogP contribution in [0, 0.1) is 5.41 Å². The van der Waals surface area contributed by atoms with Crippen LogP contribution in [0.2, 0.25) is 0 Å². The quantitative estimate of drug-likeness (QED) is 0.273. The third kappa shape index (κ3) is 3.43. The van der Waals surface area contributed by atoms with Gasteiger partial charge in [-0.2, -0.15) is 0 Å². The molecule has 0 spiro atoms. The number of amidine groups is 1. The van der Waals surface area contributed by atoms with Gasteiger partial charge in [-0.1, -0.05) is 0 Å². The average Bonchev–Trinajstić information content (AvgIpc) is 1.38.